The number of hydrogen-bond donors (Lipinski definition) is 2. The summed E-state index contributed by atoms with van der Waals surface area (Å²) in [6, 6.07) is 8.02. The molecule has 0 amide bonds. The Morgan fingerprint density at radius 3 is 3.00 bits per heavy atom. The van der Waals surface area contributed by atoms with Gasteiger partial charge in [0.1, 0.15) is 5.75 Å². The van der Waals surface area contributed by atoms with Crippen molar-refractivity contribution in [2.45, 2.75) is 38.3 Å². The van der Waals surface area contributed by atoms with E-state index in [0.29, 0.717) is 6.61 Å². The monoisotopic (exact) mass is 250 g/mol. The van der Waals surface area contributed by atoms with E-state index in [0.717, 1.165) is 30.8 Å². The molecule has 1 aromatic carbocycles. The van der Waals surface area contributed by atoms with Crippen LogP contribution in [0.2, 0.25) is 0 Å². The van der Waals surface area contributed by atoms with Gasteiger partial charge < -0.3 is 9.47 Å². The number of nitrogens with one attached hydrogen (secondary N) is 1. The lowest BCUT2D eigenvalue weighted by Crippen LogP contribution is -2.44. The summed E-state index contributed by atoms with van der Waals surface area (Å²) in [5.74, 6) is 6.60. The number of benzene rings is 1. The van der Waals surface area contributed by atoms with Gasteiger partial charge >= 0.3 is 0 Å². The molecular formula is C14H22N2O2. The predicted molar refractivity (Wildman–Crippen MR) is 71.3 cm³/mol. The first-order chi connectivity index (χ1) is 8.69. The second kappa shape index (κ2) is 5.69. The highest BCUT2D eigenvalue weighted by atomic mass is 16.5. The summed E-state index contributed by atoms with van der Waals surface area (Å²) >= 11 is 0. The summed E-state index contributed by atoms with van der Waals surface area (Å²) in [5, 5.41) is 0. The van der Waals surface area contributed by atoms with E-state index < -0.39 is 0 Å². The SMILES string of the molecule is CCOc1cccc(C(NN)C2(C)CCCO2)c1. The smallest absolute Gasteiger partial charge is 0.119 e. The zero-order valence-electron chi connectivity index (χ0n) is 11.1. The minimum Gasteiger partial charge on any atom is -0.494 e. The van der Waals surface area contributed by atoms with Crippen LogP contribution in [0.4, 0.5) is 0 Å². The van der Waals surface area contributed by atoms with Crippen LogP contribution in [0.5, 0.6) is 5.75 Å². The van der Waals surface area contributed by atoms with Crippen LogP contribution in [0.25, 0.3) is 0 Å². The van der Waals surface area contributed by atoms with Gasteiger partial charge in [0.05, 0.1) is 18.2 Å². The molecule has 0 aromatic heterocycles. The molecule has 0 aliphatic carbocycles. The third-order valence-corrected chi connectivity index (χ3v) is 3.53. The number of hydrogen-bond acceptors (Lipinski definition) is 4. The van der Waals surface area contributed by atoms with Crippen molar-refractivity contribution in [3.05, 3.63) is 29.8 Å². The first kappa shape index (κ1) is 13.3. The highest BCUT2D eigenvalue weighted by molar-refractivity contribution is 5.32. The number of nitrogens with two attached hydrogens (primary N) is 1. The predicted octanol–water partition coefficient (Wildman–Crippen LogP) is 2.16. The van der Waals surface area contributed by atoms with Gasteiger partial charge in [0.2, 0.25) is 0 Å². The molecule has 3 N–H and O–H groups in total. The second-order valence-corrected chi connectivity index (χ2v) is 4.87. The van der Waals surface area contributed by atoms with Crippen LogP contribution in [0, 0.1) is 0 Å². The Balaban J connectivity index is 2.24. The first-order valence-corrected chi connectivity index (χ1v) is 6.52. The minimum atomic E-state index is -0.237. The zero-order valence-corrected chi connectivity index (χ0v) is 11.1. The van der Waals surface area contributed by atoms with Crippen LogP contribution in [-0.2, 0) is 4.74 Å². The van der Waals surface area contributed by atoms with Gasteiger partial charge in [-0.05, 0) is 44.4 Å². The van der Waals surface area contributed by atoms with Crippen LogP contribution in [0.3, 0.4) is 0 Å². The number of ether oxygens (including phenoxy) is 2. The quantitative estimate of drug-likeness (QED) is 0.621. The fraction of sp³-hybridized carbons (Fsp3) is 0.571. The summed E-state index contributed by atoms with van der Waals surface area (Å²) in [6.07, 6.45) is 2.10. The lowest BCUT2D eigenvalue weighted by atomic mass is 9.88. The molecule has 2 rings (SSSR count). The van der Waals surface area contributed by atoms with E-state index in [-0.39, 0.29) is 11.6 Å². The van der Waals surface area contributed by atoms with Crippen LogP contribution in [0.15, 0.2) is 24.3 Å². The molecule has 2 atom stereocenters. The van der Waals surface area contributed by atoms with Gasteiger partial charge in [-0.15, -0.1) is 0 Å². The van der Waals surface area contributed by atoms with Gasteiger partial charge in [0, 0.05) is 6.61 Å². The Morgan fingerprint density at radius 1 is 1.56 bits per heavy atom. The molecule has 1 heterocycles. The molecule has 4 heteroatoms. The van der Waals surface area contributed by atoms with Gasteiger partial charge in [-0.1, -0.05) is 12.1 Å². The molecule has 0 radical (unpaired) electrons. The topological polar surface area (TPSA) is 56.5 Å². The van der Waals surface area contributed by atoms with Crippen molar-refractivity contribution >= 4 is 0 Å². The number of rotatable bonds is 5. The average molecular weight is 250 g/mol. The highest BCUT2D eigenvalue weighted by Crippen LogP contribution is 2.37. The van der Waals surface area contributed by atoms with Crippen molar-refractivity contribution in [3.63, 3.8) is 0 Å². The van der Waals surface area contributed by atoms with Gasteiger partial charge in [0.15, 0.2) is 0 Å². The van der Waals surface area contributed by atoms with Gasteiger partial charge in [-0.2, -0.15) is 0 Å². The molecule has 0 saturated carbocycles. The minimum absolute atomic E-state index is 0.0135. The van der Waals surface area contributed by atoms with Crippen LogP contribution < -0.4 is 16.0 Å². The molecule has 18 heavy (non-hydrogen) atoms. The fourth-order valence-corrected chi connectivity index (χ4v) is 2.60. The molecule has 1 saturated heterocycles. The van der Waals surface area contributed by atoms with Crippen LogP contribution in [0.1, 0.15) is 38.3 Å². The molecule has 1 aliphatic rings. The van der Waals surface area contributed by atoms with Crippen molar-refractivity contribution in [2.75, 3.05) is 13.2 Å². The standard InChI is InChI=1S/C14H22N2O2/c1-3-17-12-7-4-6-11(10-12)13(16-15)14(2)8-5-9-18-14/h4,6-7,10,13,16H,3,5,8-9,15H2,1-2H3. The third kappa shape index (κ3) is 2.66. The summed E-state index contributed by atoms with van der Waals surface area (Å²) in [7, 11) is 0. The molecule has 1 aromatic rings. The summed E-state index contributed by atoms with van der Waals surface area (Å²) in [4.78, 5) is 0. The van der Waals surface area contributed by atoms with Crippen molar-refractivity contribution in [3.8, 4) is 5.75 Å². The molecule has 2 unspecified atom stereocenters. The molecule has 4 nitrogen and oxygen atoms in total. The normalized spacial score (nSPS) is 25.1. The Hall–Kier alpha value is -1.10. The van der Waals surface area contributed by atoms with E-state index in [1.54, 1.807) is 0 Å². The van der Waals surface area contributed by atoms with Crippen LogP contribution >= 0.6 is 0 Å². The van der Waals surface area contributed by atoms with Crippen molar-refractivity contribution < 1.29 is 9.47 Å². The Bertz CT molecular complexity index is 389. The maximum atomic E-state index is 5.86. The van der Waals surface area contributed by atoms with E-state index in [4.69, 9.17) is 15.3 Å². The lowest BCUT2D eigenvalue weighted by molar-refractivity contribution is -0.0125. The van der Waals surface area contributed by atoms with Crippen LogP contribution in [-0.4, -0.2) is 18.8 Å². The second-order valence-electron chi connectivity index (χ2n) is 4.87. The van der Waals surface area contributed by atoms with Gasteiger partial charge in [-0.3, -0.25) is 11.3 Å². The van der Waals surface area contributed by atoms with Gasteiger partial charge in [-0.25, -0.2) is 0 Å². The largest absolute Gasteiger partial charge is 0.494 e. The fourth-order valence-electron chi connectivity index (χ4n) is 2.60. The van der Waals surface area contributed by atoms with Gasteiger partial charge in [0.25, 0.3) is 0 Å². The van der Waals surface area contributed by atoms with Crippen molar-refractivity contribution in [1.29, 1.82) is 0 Å². The maximum Gasteiger partial charge on any atom is 0.119 e. The summed E-state index contributed by atoms with van der Waals surface area (Å²) < 4.78 is 11.4. The third-order valence-electron chi connectivity index (χ3n) is 3.53. The maximum absolute atomic E-state index is 5.86. The molecule has 100 valence electrons. The first-order valence-electron chi connectivity index (χ1n) is 6.52. The van der Waals surface area contributed by atoms with Crippen molar-refractivity contribution in [1.82, 2.24) is 5.43 Å². The Kier molecular flexibility index (Phi) is 4.22. The summed E-state index contributed by atoms with van der Waals surface area (Å²) in [5.41, 5.74) is 3.76. The highest BCUT2D eigenvalue weighted by Gasteiger charge is 2.38. The molecule has 1 fully saturated rings. The average Bonchev–Trinajstić information content (AvgIpc) is 2.79. The molecular weight excluding hydrogens is 228 g/mol. The Morgan fingerprint density at radius 2 is 2.39 bits per heavy atom. The van der Waals surface area contributed by atoms with E-state index >= 15 is 0 Å². The lowest BCUT2D eigenvalue weighted by Gasteiger charge is -2.33. The number of hydrazine groups is 1. The molecule has 0 bridgehead atoms. The van der Waals surface area contributed by atoms with Crippen molar-refractivity contribution in [2.24, 2.45) is 5.84 Å². The zero-order chi connectivity index (χ0) is 13.0. The van der Waals surface area contributed by atoms with E-state index in [1.807, 2.05) is 25.1 Å². The Labute approximate surface area is 108 Å². The molecule has 1 aliphatic heterocycles. The van der Waals surface area contributed by atoms with E-state index in [2.05, 4.69) is 18.4 Å². The van der Waals surface area contributed by atoms with E-state index in [9.17, 15) is 0 Å². The summed E-state index contributed by atoms with van der Waals surface area (Å²) in [6.45, 7) is 5.56. The molecule has 0 spiro atoms. The van der Waals surface area contributed by atoms with E-state index in [1.165, 1.54) is 0 Å².